The largest absolute Gasteiger partial charge is 0.483 e. The molecule has 5 heteroatoms. The van der Waals surface area contributed by atoms with Crippen LogP contribution < -0.4 is 4.74 Å². The van der Waals surface area contributed by atoms with Crippen molar-refractivity contribution in [2.75, 3.05) is 32.8 Å². The number of rotatable bonds is 7. The zero-order valence-electron chi connectivity index (χ0n) is 15.4. The fraction of sp³-hybridized carbons (Fsp3) is 0.318. The summed E-state index contributed by atoms with van der Waals surface area (Å²) in [6.45, 7) is 7.90. The summed E-state index contributed by atoms with van der Waals surface area (Å²) in [5, 5.41) is 0.754. The van der Waals surface area contributed by atoms with E-state index < -0.39 is 0 Å². The van der Waals surface area contributed by atoms with Gasteiger partial charge >= 0.3 is 0 Å². The Morgan fingerprint density at radius 3 is 2.48 bits per heavy atom. The van der Waals surface area contributed by atoms with E-state index in [4.69, 9.17) is 16.3 Å². The summed E-state index contributed by atoms with van der Waals surface area (Å²) in [7, 11) is 0. The standard InChI is InChI=1S/C22H25ClN2O2/c1-2-5-19-6-3-4-7-21(19)27-17-22(26)25-14-12-24(13-15-25)16-18-8-10-20(23)11-9-18/h2-4,6-11H,1,5,12-17H2. The molecule has 1 aliphatic heterocycles. The molecule has 0 aromatic heterocycles. The Labute approximate surface area is 166 Å². The number of nitrogens with zero attached hydrogens (tertiary/aromatic N) is 2. The zero-order valence-corrected chi connectivity index (χ0v) is 16.2. The fourth-order valence-electron chi connectivity index (χ4n) is 3.20. The van der Waals surface area contributed by atoms with Gasteiger partial charge in [0.05, 0.1) is 0 Å². The SMILES string of the molecule is C=CCc1ccccc1OCC(=O)N1CCN(Cc2ccc(Cl)cc2)CC1. The number of hydrogen-bond acceptors (Lipinski definition) is 3. The maximum Gasteiger partial charge on any atom is 0.260 e. The Kier molecular flexibility index (Phi) is 6.91. The number of benzene rings is 2. The van der Waals surface area contributed by atoms with Crippen LogP contribution >= 0.6 is 11.6 Å². The lowest BCUT2D eigenvalue weighted by Gasteiger charge is -2.34. The van der Waals surface area contributed by atoms with Gasteiger partial charge in [0.1, 0.15) is 5.75 Å². The first-order valence-corrected chi connectivity index (χ1v) is 9.59. The van der Waals surface area contributed by atoms with Crippen molar-refractivity contribution < 1.29 is 9.53 Å². The van der Waals surface area contributed by atoms with Gasteiger partial charge in [-0.1, -0.05) is 48.0 Å². The first kappa shape index (κ1) is 19.5. The van der Waals surface area contributed by atoms with Crippen LogP contribution in [0.5, 0.6) is 5.75 Å². The highest BCUT2D eigenvalue weighted by Crippen LogP contribution is 2.19. The summed E-state index contributed by atoms with van der Waals surface area (Å²) < 4.78 is 5.77. The molecule has 1 fully saturated rings. The molecule has 0 bridgehead atoms. The van der Waals surface area contributed by atoms with E-state index in [1.54, 1.807) is 0 Å². The lowest BCUT2D eigenvalue weighted by molar-refractivity contribution is -0.135. The molecule has 0 unspecified atom stereocenters. The lowest BCUT2D eigenvalue weighted by Crippen LogP contribution is -2.49. The summed E-state index contributed by atoms with van der Waals surface area (Å²) in [5.74, 6) is 0.793. The van der Waals surface area contributed by atoms with E-state index in [-0.39, 0.29) is 12.5 Å². The molecule has 0 saturated carbocycles. The molecule has 0 spiro atoms. The molecule has 2 aromatic carbocycles. The average Bonchev–Trinajstić information content (AvgIpc) is 2.70. The van der Waals surface area contributed by atoms with Gasteiger partial charge in [0, 0.05) is 37.7 Å². The zero-order chi connectivity index (χ0) is 19.1. The summed E-state index contributed by atoms with van der Waals surface area (Å²) in [5.41, 5.74) is 2.29. The van der Waals surface area contributed by atoms with Crippen molar-refractivity contribution in [3.63, 3.8) is 0 Å². The van der Waals surface area contributed by atoms with Crippen LogP contribution in [0.3, 0.4) is 0 Å². The molecular weight excluding hydrogens is 360 g/mol. The van der Waals surface area contributed by atoms with Gasteiger partial charge in [-0.15, -0.1) is 6.58 Å². The molecule has 2 aromatic rings. The first-order chi connectivity index (χ1) is 13.2. The molecule has 3 rings (SSSR count). The third-order valence-electron chi connectivity index (χ3n) is 4.73. The van der Waals surface area contributed by atoms with Gasteiger partial charge in [-0.25, -0.2) is 0 Å². The third kappa shape index (κ3) is 5.59. The predicted octanol–water partition coefficient (Wildman–Crippen LogP) is 3.79. The number of ether oxygens (including phenoxy) is 1. The van der Waals surface area contributed by atoms with Gasteiger partial charge in [0.15, 0.2) is 6.61 Å². The fourth-order valence-corrected chi connectivity index (χ4v) is 3.33. The minimum absolute atomic E-state index is 0.0366. The van der Waals surface area contributed by atoms with Crippen LogP contribution in [0.25, 0.3) is 0 Å². The number of allylic oxidation sites excluding steroid dienone is 1. The van der Waals surface area contributed by atoms with E-state index in [9.17, 15) is 4.79 Å². The van der Waals surface area contributed by atoms with Gasteiger partial charge in [0.2, 0.25) is 0 Å². The number of para-hydroxylation sites is 1. The maximum atomic E-state index is 12.5. The Hall–Kier alpha value is -2.30. The number of carbonyl (C=O) groups is 1. The molecule has 1 aliphatic rings. The van der Waals surface area contributed by atoms with Crippen molar-refractivity contribution in [2.45, 2.75) is 13.0 Å². The molecule has 1 saturated heterocycles. The topological polar surface area (TPSA) is 32.8 Å². The van der Waals surface area contributed by atoms with E-state index in [0.717, 1.165) is 55.5 Å². The second kappa shape index (κ2) is 9.58. The summed E-state index contributed by atoms with van der Waals surface area (Å²) in [6.07, 6.45) is 2.57. The minimum Gasteiger partial charge on any atom is -0.483 e. The maximum absolute atomic E-state index is 12.5. The van der Waals surface area contributed by atoms with E-state index in [1.807, 2.05) is 59.5 Å². The minimum atomic E-state index is 0.0366. The Morgan fingerprint density at radius 1 is 1.07 bits per heavy atom. The van der Waals surface area contributed by atoms with Gasteiger partial charge in [-0.3, -0.25) is 9.69 Å². The highest BCUT2D eigenvalue weighted by atomic mass is 35.5. The van der Waals surface area contributed by atoms with Crippen molar-refractivity contribution in [3.05, 3.63) is 77.3 Å². The highest BCUT2D eigenvalue weighted by Gasteiger charge is 2.21. The second-order valence-electron chi connectivity index (χ2n) is 6.67. The molecule has 0 atom stereocenters. The van der Waals surface area contributed by atoms with E-state index in [2.05, 4.69) is 11.5 Å². The Balaban J connectivity index is 1.46. The predicted molar refractivity (Wildman–Crippen MR) is 109 cm³/mol. The van der Waals surface area contributed by atoms with Crippen molar-refractivity contribution in [2.24, 2.45) is 0 Å². The van der Waals surface area contributed by atoms with Gasteiger partial charge in [-0.2, -0.15) is 0 Å². The van der Waals surface area contributed by atoms with Crippen LogP contribution in [0.15, 0.2) is 61.2 Å². The van der Waals surface area contributed by atoms with Crippen LogP contribution in [0.1, 0.15) is 11.1 Å². The first-order valence-electron chi connectivity index (χ1n) is 9.22. The monoisotopic (exact) mass is 384 g/mol. The van der Waals surface area contributed by atoms with Crippen molar-refractivity contribution in [3.8, 4) is 5.75 Å². The molecular formula is C22H25ClN2O2. The molecule has 142 valence electrons. The Morgan fingerprint density at radius 2 is 1.78 bits per heavy atom. The molecule has 0 aliphatic carbocycles. The van der Waals surface area contributed by atoms with E-state index in [0.29, 0.717) is 0 Å². The van der Waals surface area contributed by atoms with E-state index >= 15 is 0 Å². The number of piperazine rings is 1. The van der Waals surface area contributed by atoms with Crippen molar-refractivity contribution in [1.29, 1.82) is 0 Å². The summed E-state index contributed by atoms with van der Waals surface area (Å²) in [6, 6.07) is 15.7. The van der Waals surface area contributed by atoms with Crippen LogP contribution in [0.2, 0.25) is 5.02 Å². The molecule has 4 nitrogen and oxygen atoms in total. The second-order valence-corrected chi connectivity index (χ2v) is 7.11. The summed E-state index contributed by atoms with van der Waals surface area (Å²) >= 11 is 5.94. The molecule has 0 radical (unpaired) electrons. The lowest BCUT2D eigenvalue weighted by atomic mass is 10.1. The van der Waals surface area contributed by atoms with Crippen LogP contribution in [0.4, 0.5) is 0 Å². The Bertz CT molecular complexity index is 768. The number of amides is 1. The molecule has 27 heavy (non-hydrogen) atoms. The molecule has 1 amide bonds. The quantitative estimate of drug-likeness (QED) is 0.681. The van der Waals surface area contributed by atoms with Gasteiger partial charge in [0.25, 0.3) is 5.91 Å². The molecule has 0 N–H and O–H groups in total. The number of halogens is 1. The van der Waals surface area contributed by atoms with Gasteiger partial charge in [-0.05, 0) is 35.7 Å². The average molecular weight is 385 g/mol. The number of carbonyl (C=O) groups excluding carboxylic acids is 1. The van der Waals surface area contributed by atoms with Crippen LogP contribution in [-0.2, 0) is 17.8 Å². The van der Waals surface area contributed by atoms with Crippen LogP contribution in [0, 0.1) is 0 Å². The number of hydrogen-bond donors (Lipinski definition) is 0. The molecule has 1 heterocycles. The smallest absolute Gasteiger partial charge is 0.260 e. The van der Waals surface area contributed by atoms with Crippen LogP contribution in [-0.4, -0.2) is 48.5 Å². The van der Waals surface area contributed by atoms with E-state index in [1.165, 1.54) is 5.56 Å². The highest BCUT2D eigenvalue weighted by molar-refractivity contribution is 6.30. The van der Waals surface area contributed by atoms with Crippen molar-refractivity contribution in [1.82, 2.24) is 9.80 Å². The summed E-state index contributed by atoms with van der Waals surface area (Å²) in [4.78, 5) is 16.7. The van der Waals surface area contributed by atoms with Gasteiger partial charge < -0.3 is 9.64 Å². The normalized spacial score (nSPS) is 14.8. The third-order valence-corrected chi connectivity index (χ3v) is 4.98. The van der Waals surface area contributed by atoms with Crippen molar-refractivity contribution >= 4 is 17.5 Å².